The minimum atomic E-state index is -0.870. The van der Waals surface area contributed by atoms with Crippen LogP contribution in [0.15, 0.2) is 18.5 Å². The lowest BCUT2D eigenvalue weighted by molar-refractivity contribution is -0.139. The first-order valence-electron chi connectivity index (χ1n) is 7.39. The quantitative estimate of drug-likeness (QED) is 0.838. The first-order valence-corrected chi connectivity index (χ1v) is 7.39. The van der Waals surface area contributed by atoms with E-state index in [0.29, 0.717) is 45.0 Å². The summed E-state index contributed by atoms with van der Waals surface area (Å²) in [5.74, 6) is 0.658. The van der Waals surface area contributed by atoms with Crippen LogP contribution in [0.2, 0.25) is 0 Å². The molecule has 0 saturated carbocycles. The van der Waals surface area contributed by atoms with E-state index in [9.17, 15) is 10.1 Å². The van der Waals surface area contributed by atoms with Crippen LogP contribution in [-0.2, 0) is 4.79 Å². The van der Waals surface area contributed by atoms with Crippen molar-refractivity contribution < 1.29 is 4.79 Å². The van der Waals surface area contributed by atoms with Crippen LogP contribution in [0.5, 0.6) is 0 Å². The minimum absolute atomic E-state index is 0.0383. The molecule has 0 radical (unpaired) electrons. The van der Waals surface area contributed by atoms with Crippen LogP contribution in [0.4, 0.5) is 5.95 Å². The Hall–Kier alpha value is -2.16. The molecule has 0 N–H and O–H groups in total. The van der Waals surface area contributed by atoms with Gasteiger partial charge >= 0.3 is 0 Å². The van der Waals surface area contributed by atoms with Gasteiger partial charge in [0.05, 0.1) is 6.07 Å². The van der Waals surface area contributed by atoms with Crippen molar-refractivity contribution in [1.29, 1.82) is 5.26 Å². The zero-order chi connectivity index (χ0) is 15.3. The third-order valence-electron chi connectivity index (χ3n) is 4.23. The maximum Gasteiger partial charge on any atom is 0.243 e. The smallest absolute Gasteiger partial charge is 0.243 e. The lowest BCUT2D eigenvalue weighted by Crippen LogP contribution is -2.53. The molecule has 1 saturated heterocycles. The van der Waals surface area contributed by atoms with Gasteiger partial charge in [0, 0.05) is 38.6 Å². The van der Waals surface area contributed by atoms with E-state index in [1.54, 1.807) is 23.4 Å². The number of carbonyl (C=O) groups is 1. The second kappa shape index (κ2) is 6.53. The van der Waals surface area contributed by atoms with E-state index >= 15 is 0 Å². The molecule has 0 bridgehead atoms. The molecule has 0 atom stereocenters. The lowest BCUT2D eigenvalue weighted by Gasteiger charge is -2.38. The predicted octanol–water partition coefficient (Wildman–Crippen LogP) is 1.46. The normalized spacial score (nSPS) is 15.7. The van der Waals surface area contributed by atoms with E-state index in [4.69, 9.17) is 0 Å². The summed E-state index contributed by atoms with van der Waals surface area (Å²) >= 11 is 0. The standard InChI is InChI=1S/C15H21N5O/c1-3-15(4-2,12-16)13(21)19-8-10-20(11-9-19)14-17-6-5-7-18-14/h5-7H,3-4,8-11H2,1-2H3. The predicted molar refractivity (Wildman–Crippen MR) is 79.5 cm³/mol. The van der Waals surface area contributed by atoms with Crippen LogP contribution < -0.4 is 4.90 Å². The van der Waals surface area contributed by atoms with Gasteiger partial charge in [-0.1, -0.05) is 13.8 Å². The molecule has 6 heteroatoms. The molecule has 0 spiro atoms. The highest BCUT2D eigenvalue weighted by Gasteiger charge is 2.39. The summed E-state index contributed by atoms with van der Waals surface area (Å²) < 4.78 is 0. The van der Waals surface area contributed by atoms with Gasteiger partial charge in [0.1, 0.15) is 5.41 Å². The van der Waals surface area contributed by atoms with Crippen molar-refractivity contribution in [2.45, 2.75) is 26.7 Å². The van der Waals surface area contributed by atoms with Gasteiger partial charge in [-0.05, 0) is 18.9 Å². The molecule has 2 heterocycles. The average Bonchev–Trinajstić information content (AvgIpc) is 2.58. The molecule has 1 aromatic heterocycles. The molecular formula is C15H21N5O. The minimum Gasteiger partial charge on any atom is -0.338 e. The summed E-state index contributed by atoms with van der Waals surface area (Å²) in [6.45, 7) is 6.42. The van der Waals surface area contributed by atoms with Crippen molar-refractivity contribution in [2.24, 2.45) is 5.41 Å². The number of amides is 1. The van der Waals surface area contributed by atoms with E-state index in [0.717, 1.165) is 0 Å². The van der Waals surface area contributed by atoms with Crippen molar-refractivity contribution in [3.63, 3.8) is 0 Å². The summed E-state index contributed by atoms with van der Waals surface area (Å²) in [5.41, 5.74) is -0.870. The molecular weight excluding hydrogens is 266 g/mol. The van der Waals surface area contributed by atoms with Gasteiger partial charge in [-0.3, -0.25) is 4.79 Å². The third-order valence-corrected chi connectivity index (χ3v) is 4.23. The Labute approximate surface area is 125 Å². The number of nitriles is 1. The second-order valence-electron chi connectivity index (χ2n) is 5.23. The molecule has 112 valence electrons. The number of piperazine rings is 1. The third kappa shape index (κ3) is 2.97. The fraction of sp³-hybridized carbons (Fsp3) is 0.600. The Morgan fingerprint density at radius 1 is 1.24 bits per heavy atom. The molecule has 1 amide bonds. The Morgan fingerprint density at radius 2 is 1.81 bits per heavy atom. The lowest BCUT2D eigenvalue weighted by atomic mass is 9.82. The van der Waals surface area contributed by atoms with Gasteiger partial charge in [0.2, 0.25) is 11.9 Å². The van der Waals surface area contributed by atoms with Crippen molar-refractivity contribution in [2.75, 3.05) is 31.1 Å². The van der Waals surface area contributed by atoms with Crippen molar-refractivity contribution in [1.82, 2.24) is 14.9 Å². The van der Waals surface area contributed by atoms with Crippen LogP contribution >= 0.6 is 0 Å². The molecule has 1 aliphatic heterocycles. The molecule has 6 nitrogen and oxygen atoms in total. The molecule has 21 heavy (non-hydrogen) atoms. The summed E-state index contributed by atoms with van der Waals surface area (Å²) in [5, 5.41) is 9.38. The Bertz CT molecular complexity index is 513. The maximum atomic E-state index is 12.6. The largest absolute Gasteiger partial charge is 0.338 e. The Balaban J connectivity index is 2.01. The summed E-state index contributed by atoms with van der Waals surface area (Å²) in [7, 11) is 0. The second-order valence-corrected chi connectivity index (χ2v) is 5.23. The van der Waals surface area contributed by atoms with Crippen LogP contribution in [0.25, 0.3) is 0 Å². The van der Waals surface area contributed by atoms with Crippen molar-refractivity contribution in [3.05, 3.63) is 18.5 Å². The van der Waals surface area contributed by atoms with E-state index < -0.39 is 5.41 Å². The van der Waals surface area contributed by atoms with Gasteiger partial charge in [-0.25, -0.2) is 9.97 Å². The Morgan fingerprint density at radius 3 is 2.29 bits per heavy atom. The number of rotatable bonds is 4. The van der Waals surface area contributed by atoms with E-state index in [1.807, 2.05) is 13.8 Å². The molecule has 1 aliphatic rings. The SMILES string of the molecule is CCC(C#N)(CC)C(=O)N1CCN(c2ncccn2)CC1. The number of aromatic nitrogens is 2. The highest BCUT2D eigenvalue weighted by atomic mass is 16.2. The number of hydrogen-bond donors (Lipinski definition) is 0. The zero-order valence-corrected chi connectivity index (χ0v) is 12.6. The molecule has 1 aromatic rings. The van der Waals surface area contributed by atoms with Gasteiger partial charge in [0.25, 0.3) is 0 Å². The molecule has 2 rings (SSSR count). The maximum absolute atomic E-state index is 12.6. The average molecular weight is 287 g/mol. The van der Waals surface area contributed by atoms with Gasteiger partial charge in [0.15, 0.2) is 0 Å². The summed E-state index contributed by atoms with van der Waals surface area (Å²) in [6, 6.07) is 4.01. The van der Waals surface area contributed by atoms with Crippen LogP contribution in [-0.4, -0.2) is 47.0 Å². The topological polar surface area (TPSA) is 73.1 Å². The first-order chi connectivity index (χ1) is 10.2. The van der Waals surface area contributed by atoms with Gasteiger partial charge in [-0.15, -0.1) is 0 Å². The fourth-order valence-electron chi connectivity index (χ4n) is 2.63. The van der Waals surface area contributed by atoms with Crippen LogP contribution in [0, 0.1) is 16.7 Å². The number of carbonyl (C=O) groups excluding carboxylic acids is 1. The van der Waals surface area contributed by atoms with Crippen molar-refractivity contribution in [3.8, 4) is 6.07 Å². The Kier molecular flexibility index (Phi) is 4.73. The van der Waals surface area contributed by atoms with Gasteiger partial charge < -0.3 is 9.80 Å². The highest BCUT2D eigenvalue weighted by Crippen LogP contribution is 2.28. The van der Waals surface area contributed by atoms with Crippen LogP contribution in [0.1, 0.15) is 26.7 Å². The highest BCUT2D eigenvalue weighted by molar-refractivity contribution is 5.85. The van der Waals surface area contributed by atoms with E-state index in [-0.39, 0.29) is 5.91 Å². The number of anilines is 1. The molecule has 0 unspecified atom stereocenters. The molecule has 1 fully saturated rings. The number of hydrogen-bond acceptors (Lipinski definition) is 5. The van der Waals surface area contributed by atoms with E-state index in [1.165, 1.54) is 0 Å². The summed E-state index contributed by atoms with van der Waals surface area (Å²) in [4.78, 5) is 24.9. The number of nitrogens with zero attached hydrogens (tertiary/aromatic N) is 5. The first kappa shape index (κ1) is 15.2. The molecule has 0 aromatic carbocycles. The zero-order valence-electron chi connectivity index (χ0n) is 12.6. The van der Waals surface area contributed by atoms with Crippen LogP contribution in [0.3, 0.4) is 0 Å². The monoisotopic (exact) mass is 287 g/mol. The summed E-state index contributed by atoms with van der Waals surface area (Å²) in [6.07, 6.45) is 4.55. The van der Waals surface area contributed by atoms with E-state index in [2.05, 4.69) is 20.9 Å². The van der Waals surface area contributed by atoms with Gasteiger partial charge in [-0.2, -0.15) is 5.26 Å². The molecule has 0 aliphatic carbocycles. The van der Waals surface area contributed by atoms with Crippen molar-refractivity contribution >= 4 is 11.9 Å². The fourth-order valence-corrected chi connectivity index (χ4v) is 2.63.